The summed E-state index contributed by atoms with van der Waals surface area (Å²) in [5.41, 5.74) is 2.31. The number of hydrogen-bond acceptors (Lipinski definition) is 3. The molecule has 1 rings (SSSR count). The van der Waals surface area contributed by atoms with Crippen LogP contribution >= 0.6 is 0 Å². The van der Waals surface area contributed by atoms with Gasteiger partial charge in [-0.1, -0.05) is 19.1 Å². The minimum absolute atomic E-state index is 0.470. The summed E-state index contributed by atoms with van der Waals surface area (Å²) in [5.74, 6) is -0.790. The summed E-state index contributed by atoms with van der Waals surface area (Å²) in [7, 11) is 0. The molecule has 0 aliphatic rings. The van der Waals surface area contributed by atoms with Gasteiger partial charge in [-0.05, 0) is 38.0 Å². The molecular weight excluding hydrogens is 240 g/mol. The lowest BCUT2D eigenvalue weighted by Crippen LogP contribution is -2.35. The highest BCUT2D eigenvalue weighted by atomic mass is 16.4. The molecule has 0 aliphatic carbocycles. The van der Waals surface area contributed by atoms with Crippen molar-refractivity contribution in [1.82, 2.24) is 5.32 Å². The highest BCUT2D eigenvalue weighted by Gasteiger charge is 2.13. The average molecular weight is 264 g/mol. The Kier molecular flexibility index (Phi) is 6.36. The first kappa shape index (κ1) is 15.5. The molecule has 0 amide bonds. The second kappa shape index (κ2) is 7.79. The quantitative estimate of drug-likeness (QED) is 0.757. The first-order valence-corrected chi connectivity index (χ1v) is 6.92. The summed E-state index contributed by atoms with van der Waals surface area (Å²) in [6.07, 6.45) is 0.590. The van der Waals surface area contributed by atoms with Gasteiger partial charge in [-0.25, -0.2) is 0 Å². The third-order valence-electron chi connectivity index (χ3n) is 3.32. The van der Waals surface area contributed by atoms with Gasteiger partial charge in [-0.3, -0.25) is 4.79 Å². The molecule has 2 N–H and O–H groups in total. The van der Waals surface area contributed by atoms with Crippen LogP contribution in [0.2, 0.25) is 0 Å². The predicted octanol–water partition coefficient (Wildman–Crippen LogP) is 2.49. The van der Waals surface area contributed by atoms with E-state index in [1.807, 2.05) is 6.92 Å². The molecule has 1 unspecified atom stereocenters. The van der Waals surface area contributed by atoms with E-state index in [2.05, 4.69) is 48.3 Å². The van der Waals surface area contributed by atoms with Crippen molar-refractivity contribution in [3.63, 3.8) is 0 Å². The van der Waals surface area contributed by atoms with Gasteiger partial charge in [0.25, 0.3) is 0 Å². The highest BCUT2D eigenvalue weighted by Crippen LogP contribution is 2.14. The van der Waals surface area contributed by atoms with Crippen molar-refractivity contribution in [3.05, 3.63) is 29.8 Å². The fourth-order valence-electron chi connectivity index (χ4n) is 2.06. The monoisotopic (exact) mass is 264 g/mol. The lowest BCUT2D eigenvalue weighted by Gasteiger charge is -2.21. The van der Waals surface area contributed by atoms with Gasteiger partial charge in [0, 0.05) is 25.3 Å². The topological polar surface area (TPSA) is 52.6 Å². The minimum Gasteiger partial charge on any atom is -0.480 e. The molecule has 0 bridgehead atoms. The van der Waals surface area contributed by atoms with Crippen molar-refractivity contribution in [2.75, 3.05) is 18.0 Å². The van der Waals surface area contributed by atoms with Gasteiger partial charge in [0.2, 0.25) is 0 Å². The van der Waals surface area contributed by atoms with E-state index in [4.69, 9.17) is 5.11 Å². The number of anilines is 1. The molecule has 0 spiro atoms. The van der Waals surface area contributed by atoms with E-state index in [0.717, 1.165) is 18.7 Å². The van der Waals surface area contributed by atoms with Gasteiger partial charge < -0.3 is 15.3 Å². The van der Waals surface area contributed by atoms with Crippen molar-refractivity contribution < 1.29 is 9.90 Å². The highest BCUT2D eigenvalue weighted by molar-refractivity contribution is 5.73. The maximum atomic E-state index is 10.9. The van der Waals surface area contributed by atoms with Crippen LogP contribution in [0.1, 0.15) is 32.8 Å². The summed E-state index contributed by atoms with van der Waals surface area (Å²) in [4.78, 5) is 13.2. The largest absolute Gasteiger partial charge is 0.480 e. The molecule has 1 aromatic carbocycles. The van der Waals surface area contributed by atoms with E-state index in [0.29, 0.717) is 13.0 Å². The minimum atomic E-state index is -0.790. The number of aliphatic carboxylic acids is 1. The molecule has 4 nitrogen and oxygen atoms in total. The van der Waals surface area contributed by atoms with Crippen LogP contribution in [0.25, 0.3) is 0 Å². The second-order valence-electron chi connectivity index (χ2n) is 4.52. The SMILES string of the molecule is CCC(NCc1ccc(N(CC)CC)cc1)C(=O)O. The molecule has 0 aromatic heterocycles. The van der Waals surface area contributed by atoms with Crippen LogP contribution in [0.4, 0.5) is 5.69 Å². The molecular formula is C15H24N2O2. The molecule has 0 saturated heterocycles. The Morgan fingerprint density at radius 3 is 2.21 bits per heavy atom. The lowest BCUT2D eigenvalue weighted by atomic mass is 10.1. The normalized spacial score (nSPS) is 12.2. The third-order valence-corrected chi connectivity index (χ3v) is 3.32. The van der Waals surface area contributed by atoms with Gasteiger partial charge in [0.05, 0.1) is 0 Å². The van der Waals surface area contributed by atoms with E-state index in [9.17, 15) is 4.79 Å². The van der Waals surface area contributed by atoms with Gasteiger partial charge in [-0.15, -0.1) is 0 Å². The van der Waals surface area contributed by atoms with Crippen LogP contribution in [-0.4, -0.2) is 30.2 Å². The summed E-state index contributed by atoms with van der Waals surface area (Å²) < 4.78 is 0. The Morgan fingerprint density at radius 1 is 1.21 bits per heavy atom. The second-order valence-corrected chi connectivity index (χ2v) is 4.52. The fraction of sp³-hybridized carbons (Fsp3) is 0.533. The fourth-order valence-corrected chi connectivity index (χ4v) is 2.06. The van der Waals surface area contributed by atoms with E-state index in [-0.39, 0.29) is 0 Å². The third kappa shape index (κ3) is 4.56. The molecule has 106 valence electrons. The van der Waals surface area contributed by atoms with Gasteiger partial charge in [0.15, 0.2) is 0 Å². The van der Waals surface area contributed by atoms with Crippen molar-refractivity contribution in [2.45, 2.75) is 39.8 Å². The lowest BCUT2D eigenvalue weighted by molar-refractivity contribution is -0.139. The van der Waals surface area contributed by atoms with E-state index in [1.54, 1.807) is 0 Å². The maximum Gasteiger partial charge on any atom is 0.320 e. The van der Waals surface area contributed by atoms with Crippen LogP contribution in [0.15, 0.2) is 24.3 Å². The van der Waals surface area contributed by atoms with Crippen molar-refractivity contribution in [2.24, 2.45) is 0 Å². The zero-order valence-electron chi connectivity index (χ0n) is 12.0. The smallest absolute Gasteiger partial charge is 0.320 e. The molecule has 0 fully saturated rings. The molecule has 0 radical (unpaired) electrons. The Labute approximate surface area is 115 Å². The zero-order chi connectivity index (χ0) is 14.3. The van der Waals surface area contributed by atoms with Crippen LogP contribution in [-0.2, 0) is 11.3 Å². The average Bonchev–Trinajstić information content (AvgIpc) is 2.42. The number of carboxylic acid groups (broad SMARTS) is 1. The van der Waals surface area contributed by atoms with Gasteiger partial charge in [0.1, 0.15) is 6.04 Å². The number of nitrogens with one attached hydrogen (secondary N) is 1. The molecule has 1 aromatic rings. The summed E-state index contributed by atoms with van der Waals surface area (Å²) in [5, 5.41) is 12.0. The molecule has 0 heterocycles. The van der Waals surface area contributed by atoms with E-state index < -0.39 is 12.0 Å². The Hall–Kier alpha value is -1.55. The number of carboxylic acids is 1. The standard InChI is InChI=1S/C15H24N2O2/c1-4-14(15(18)19)16-11-12-7-9-13(10-8-12)17(5-2)6-3/h7-10,14,16H,4-6,11H2,1-3H3,(H,18,19). The number of benzene rings is 1. The number of carbonyl (C=O) groups is 1. The summed E-state index contributed by atoms with van der Waals surface area (Å²) >= 11 is 0. The number of nitrogens with zero attached hydrogens (tertiary/aromatic N) is 1. The number of hydrogen-bond donors (Lipinski definition) is 2. The first-order chi connectivity index (χ1) is 9.12. The first-order valence-electron chi connectivity index (χ1n) is 6.92. The Balaban J connectivity index is 2.59. The molecule has 0 aliphatic heterocycles. The maximum absolute atomic E-state index is 10.9. The van der Waals surface area contributed by atoms with E-state index >= 15 is 0 Å². The summed E-state index contributed by atoms with van der Waals surface area (Å²) in [6, 6.07) is 7.81. The summed E-state index contributed by atoms with van der Waals surface area (Å²) in [6.45, 7) is 8.71. The van der Waals surface area contributed by atoms with Crippen LogP contribution in [0.5, 0.6) is 0 Å². The van der Waals surface area contributed by atoms with Crippen LogP contribution in [0, 0.1) is 0 Å². The van der Waals surface area contributed by atoms with Crippen LogP contribution < -0.4 is 10.2 Å². The van der Waals surface area contributed by atoms with Crippen LogP contribution in [0.3, 0.4) is 0 Å². The van der Waals surface area contributed by atoms with Crippen molar-refractivity contribution in [3.8, 4) is 0 Å². The number of rotatable bonds is 8. The van der Waals surface area contributed by atoms with Gasteiger partial charge in [-0.2, -0.15) is 0 Å². The Bertz CT molecular complexity index is 386. The van der Waals surface area contributed by atoms with Gasteiger partial charge >= 0.3 is 5.97 Å². The predicted molar refractivity (Wildman–Crippen MR) is 78.6 cm³/mol. The Morgan fingerprint density at radius 2 is 1.79 bits per heavy atom. The van der Waals surface area contributed by atoms with Crippen molar-refractivity contribution in [1.29, 1.82) is 0 Å². The zero-order valence-corrected chi connectivity index (χ0v) is 12.0. The molecule has 1 atom stereocenters. The molecule has 0 saturated carbocycles. The van der Waals surface area contributed by atoms with E-state index in [1.165, 1.54) is 5.69 Å². The molecule has 4 heteroatoms. The molecule has 19 heavy (non-hydrogen) atoms. The van der Waals surface area contributed by atoms with Crippen molar-refractivity contribution >= 4 is 11.7 Å².